The lowest BCUT2D eigenvalue weighted by molar-refractivity contribution is -0.122. The highest BCUT2D eigenvalue weighted by atomic mass is 16.3. The van der Waals surface area contributed by atoms with Gasteiger partial charge in [0.05, 0.1) is 30.5 Å². The third-order valence-corrected chi connectivity index (χ3v) is 5.17. The maximum Gasteiger partial charge on any atom is 0.226 e. The van der Waals surface area contributed by atoms with E-state index in [0.29, 0.717) is 12.8 Å². The molecule has 1 unspecified atom stereocenters. The van der Waals surface area contributed by atoms with Crippen molar-refractivity contribution in [2.24, 2.45) is 13.0 Å². The zero-order valence-corrected chi connectivity index (χ0v) is 15.0. The number of aromatic nitrogens is 4. The molecule has 1 amide bonds. The minimum Gasteiger partial charge on any atom is -0.393 e. The Bertz CT molecular complexity index is 938. The minimum atomic E-state index is -0.266. The SMILES string of the molecule is Cc1cccn2c(CC(=O)NC(c3cnn(C)c3)C3CC(O)C3)cnc12. The highest BCUT2D eigenvalue weighted by molar-refractivity contribution is 5.79. The van der Waals surface area contributed by atoms with Crippen LogP contribution in [0.25, 0.3) is 5.65 Å². The van der Waals surface area contributed by atoms with Crippen LogP contribution in [0.4, 0.5) is 0 Å². The fourth-order valence-electron chi connectivity index (χ4n) is 3.70. The number of carbonyl (C=O) groups excluding carboxylic acids is 1. The van der Waals surface area contributed by atoms with Crippen molar-refractivity contribution < 1.29 is 9.90 Å². The standard InChI is InChI=1S/C19H23N5O2/c1-12-4-3-5-24-15(10-20-19(12)24)8-17(26)22-18(13-6-16(25)7-13)14-9-21-23(2)11-14/h3-5,9-11,13,16,18,25H,6-8H2,1-2H3,(H,22,26). The third kappa shape index (κ3) is 3.10. The summed E-state index contributed by atoms with van der Waals surface area (Å²) >= 11 is 0. The molecule has 7 nitrogen and oxygen atoms in total. The van der Waals surface area contributed by atoms with Gasteiger partial charge in [-0.25, -0.2) is 4.98 Å². The quantitative estimate of drug-likeness (QED) is 0.729. The Kier molecular flexibility index (Phi) is 4.24. The van der Waals surface area contributed by atoms with Crippen molar-refractivity contribution in [1.82, 2.24) is 24.5 Å². The molecule has 1 fully saturated rings. The van der Waals surface area contributed by atoms with Gasteiger partial charge in [0.25, 0.3) is 0 Å². The first-order chi connectivity index (χ1) is 12.5. The molecule has 3 aromatic heterocycles. The predicted octanol–water partition coefficient (Wildman–Crippen LogP) is 1.55. The molecule has 0 radical (unpaired) electrons. The van der Waals surface area contributed by atoms with Crippen molar-refractivity contribution >= 4 is 11.6 Å². The van der Waals surface area contributed by atoms with Gasteiger partial charge in [0.1, 0.15) is 5.65 Å². The molecule has 1 aliphatic rings. The van der Waals surface area contributed by atoms with Gasteiger partial charge in [-0.1, -0.05) is 6.07 Å². The third-order valence-electron chi connectivity index (χ3n) is 5.17. The van der Waals surface area contributed by atoms with Crippen molar-refractivity contribution in [3.63, 3.8) is 0 Å². The van der Waals surface area contributed by atoms with Crippen LogP contribution < -0.4 is 5.32 Å². The zero-order valence-electron chi connectivity index (χ0n) is 15.0. The highest BCUT2D eigenvalue weighted by Gasteiger charge is 2.36. The van der Waals surface area contributed by atoms with Gasteiger partial charge >= 0.3 is 0 Å². The average Bonchev–Trinajstić information content (AvgIpc) is 3.18. The number of carbonyl (C=O) groups is 1. The van der Waals surface area contributed by atoms with Gasteiger partial charge in [0.15, 0.2) is 0 Å². The molecule has 0 spiro atoms. The number of aliphatic hydroxyl groups is 1. The van der Waals surface area contributed by atoms with E-state index in [-0.39, 0.29) is 30.4 Å². The van der Waals surface area contributed by atoms with Crippen LogP contribution in [0.5, 0.6) is 0 Å². The Hall–Kier alpha value is -2.67. The summed E-state index contributed by atoms with van der Waals surface area (Å²) in [4.78, 5) is 17.1. The molecule has 26 heavy (non-hydrogen) atoms. The Balaban J connectivity index is 1.52. The molecule has 3 aromatic rings. The molecule has 3 heterocycles. The Morgan fingerprint density at radius 2 is 2.23 bits per heavy atom. The van der Waals surface area contributed by atoms with Gasteiger partial charge in [-0.2, -0.15) is 5.10 Å². The average molecular weight is 353 g/mol. The number of amides is 1. The molecular weight excluding hydrogens is 330 g/mol. The number of aliphatic hydroxyl groups excluding tert-OH is 1. The molecule has 1 aliphatic carbocycles. The summed E-state index contributed by atoms with van der Waals surface area (Å²) in [6.45, 7) is 2.01. The lowest BCUT2D eigenvalue weighted by Crippen LogP contribution is -2.41. The topological polar surface area (TPSA) is 84.5 Å². The summed E-state index contributed by atoms with van der Waals surface area (Å²) in [5, 5.41) is 17.0. The molecule has 0 aliphatic heterocycles. The first-order valence-electron chi connectivity index (χ1n) is 8.89. The summed E-state index contributed by atoms with van der Waals surface area (Å²) in [5.41, 5.74) is 3.79. The maximum absolute atomic E-state index is 12.7. The number of imidazole rings is 1. The first kappa shape index (κ1) is 16.8. The lowest BCUT2D eigenvalue weighted by atomic mass is 9.75. The first-order valence-corrected chi connectivity index (χ1v) is 8.89. The number of nitrogens with zero attached hydrogens (tertiary/aromatic N) is 4. The van der Waals surface area contributed by atoms with E-state index in [4.69, 9.17) is 0 Å². The maximum atomic E-state index is 12.7. The van der Waals surface area contributed by atoms with E-state index in [0.717, 1.165) is 22.5 Å². The van der Waals surface area contributed by atoms with E-state index in [1.165, 1.54) is 0 Å². The van der Waals surface area contributed by atoms with Crippen LogP contribution in [0.1, 0.15) is 35.7 Å². The van der Waals surface area contributed by atoms with E-state index in [9.17, 15) is 9.90 Å². The second kappa shape index (κ2) is 6.57. The van der Waals surface area contributed by atoms with Crippen molar-refractivity contribution in [3.05, 3.63) is 53.7 Å². The normalized spacial score (nSPS) is 20.7. The van der Waals surface area contributed by atoms with Crippen LogP contribution in [0.2, 0.25) is 0 Å². The number of pyridine rings is 1. The Labute approximate surface area is 151 Å². The van der Waals surface area contributed by atoms with E-state index in [1.54, 1.807) is 17.1 Å². The van der Waals surface area contributed by atoms with Gasteiger partial charge in [-0.15, -0.1) is 0 Å². The molecule has 7 heteroatoms. The van der Waals surface area contributed by atoms with Crippen molar-refractivity contribution in [2.45, 2.75) is 38.3 Å². The van der Waals surface area contributed by atoms with E-state index < -0.39 is 0 Å². The molecule has 136 valence electrons. The lowest BCUT2D eigenvalue weighted by Gasteiger charge is -2.37. The van der Waals surface area contributed by atoms with E-state index >= 15 is 0 Å². The molecule has 0 aromatic carbocycles. The predicted molar refractivity (Wildman–Crippen MR) is 96.5 cm³/mol. The van der Waals surface area contributed by atoms with Crippen molar-refractivity contribution in [1.29, 1.82) is 0 Å². The summed E-state index contributed by atoms with van der Waals surface area (Å²) in [7, 11) is 1.86. The smallest absolute Gasteiger partial charge is 0.226 e. The minimum absolute atomic E-state index is 0.0523. The summed E-state index contributed by atoms with van der Waals surface area (Å²) in [6, 6.07) is 3.84. The molecule has 0 saturated heterocycles. The monoisotopic (exact) mass is 353 g/mol. The molecule has 1 saturated carbocycles. The van der Waals surface area contributed by atoms with Gasteiger partial charge in [0.2, 0.25) is 5.91 Å². The van der Waals surface area contributed by atoms with E-state index in [1.807, 2.05) is 42.9 Å². The summed E-state index contributed by atoms with van der Waals surface area (Å²) in [6.07, 6.45) is 8.80. The summed E-state index contributed by atoms with van der Waals surface area (Å²) in [5.74, 6) is 0.186. The zero-order chi connectivity index (χ0) is 18.3. The van der Waals surface area contributed by atoms with Crippen LogP contribution >= 0.6 is 0 Å². The molecule has 1 atom stereocenters. The van der Waals surface area contributed by atoms with Crippen LogP contribution in [-0.4, -0.2) is 36.3 Å². The Morgan fingerprint density at radius 3 is 2.92 bits per heavy atom. The van der Waals surface area contributed by atoms with Crippen LogP contribution in [0.3, 0.4) is 0 Å². The molecule has 2 N–H and O–H groups in total. The fraction of sp³-hybridized carbons (Fsp3) is 0.421. The van der Waals surface area contributed by atoms with Crippen LogP contribution in [0, 0.1) is 12.8 Å². The number of hydrogen-bond acceptors (Lipinski definition) is 4. The highest BCUT2D eigenvalue weighted by Crippen LogP contribution is 2.38. The van der Waals surface area contributed by atoms with Gasteiger partial charge in [-0.3, -0.25) is 9.48 Å². The number of fused-ring (bicyclic) bond motifs is 1. The molecular formula is C19H23N5O2. The fourth-order valence-corrected chi connectivity index (χ4v) is 3.70. The number of rotatable bonds is 5. The van der Waals surface area contributed by atoms with Crippen molar-refractivity contribution in [3.8, 4) is 0 Å². The second-order valence-electron chi connectivity index (χ2n) is 7.19. The van der Waals surface area contributed by atoms with Gasteiger partial charge < -0.3 is 14.8 Å². The van der Waals surface area contributed by atoms with Crippen molar-refractivity contribution in [2.75, 3.05) is 0 Å². The number of aryl methyl sites for hydroxylation is 2. The van der Waals surface area contributed by atoms with Crippen LogP contribution in [0.15, 0.2) is 36.9 Å². The second-order valence-corrected chi connectivity index (χ2v) is 7.19. The van der Waals surface area contributed by atoms with Crippen LogP contribution in [-0.2, 0) is 18.3 Å². The molecule has 4 rings (SSSR count). The van der Waals surface area contributed by atoms with Gasteiger partial charge in [-0.05, 0) is 37.3 Å². The number of hydrogen-bond donors (Lipinski definition) is 2. The van der Waals surface area contributed by atoms with E-state index in [2.05, 4.69) is 15.4 Å². The molecule has 0 bridgehead atoms. The Morgan fingerprint density at radius 1 is 1.42 bits per heavy atom. The largest absolute Gasteiger partial charge is 0.393 e. The number of nitrogens with one attached hydrogen (secondary N) is 1. The summed E-state index contributed by atoms with van der Waals surface area (Å²) < 4.78 is 3.69. The van der Waals surface area contributed by atoms with Gasteiger partial charge in [0, 0.05) is 31.2 Å².